The summed E-state index contributed by atoms with van der Waals surface area (Å²) in [7, 11) is 0. The Kier molecular flexibility index (Phi) is 3.48. The molecule has 4 heteroatoms. The van der Waals surface area contributed by atoms with Crippen molar-refractivity contribution in [2.45, 2.75) is 4.90 Å². The molecule has 20 heavy (non-hydrogen) atoms. The van der Waals surface area contributed by atoms with Gasteiger partial charge in [-0.2, -0.15) is 0 Å². The fourth-order valence-electron chi connectivity index (χ4n) is 2.14. The van der Waals surface area contributed by atoms with Crippen LogP contribution >= 0.6 is 11.8 Å². The van der Waals surface area contributed by atoms with E-state index in [2.05, 4.69) is 28.7 Å². The number of nitrogen functional groups attached to an aromatic ring is 1. The van der Waals surface area contributed by atoms with Crippen LogP contribution in [0.4, 0.5) is 17.1 Å². The molecule has 3 N–H and O–H groups in total. The predicted octanol–water partition coefficient (Wildman–Crippen LogP) is 4.28. The van der Waals surface area contributed by atoms with E-state index in [4.69, 9.17) is 5.73 Å². The van der Waals surface area contributed by atoms with E-state index < -0.39 is 0 Å². The number of nitrogens with zero attached hydrogens (tertiary/aromatic N) is 1. The summed E-state index contributed by atoms with van der Waals surface area (Å²) < 4.78 is 0. The molecule has 0 spiro atoms. The topological polar surface area (TPSA) is 50.9 Å². The van der Waals surface area contributed by atoms with Gasteiger partial charge in [0, 0.05) is 22.2 Å². The van der Waals surface area contributed by atoms with E-state index in [0.29, 0.717) is 0 Å². The molecule has 0 radical (unpaired) electrons. The number of nitrogens with two attached hydrogens (primary N) is 1. The Morgan fingerprint density at radius 3 is 2.85 bits per heavy atom. The van der Waals surface area contributed by atoms with Crippen molar-refractivity contribution >= 4 is 39.7 Å². The van der Waals surface area contributed by atoms with Crippen LogP contribution in [0.1, 0.15) is 0 Å². The van der Waals surface area contributed by atoms with Crippen molar-refractivity contribution in [3.63, 3.8) is 0 Å². The SMILES string of the molecule is CSc1cccc(Nc2ccc3ncccc3c2N)c1. The minimum absolute atomic E-state index is 0.727. The molecule has 0 saturated carbocycles. The Bertz CT molecular complexity index is 756. The first kappa shape index (κ1) is 12.8. The maximum absolute atomic E-state index is 6.23. The molecule has 1 aromatic heterocycles. The summed E-state index contributed by atoms with van der Waals surface area (Å²) in [5.41, 5.74) is 9.81. The largest absolute Gasteiger partial charge is 0.396 e. The number of benzene rings is 2. The zero-order valence-corrected chi connectivity index (χ0v) is 11.9. The van der Waals surface area contributed by atoms with Gasteiger partial charge >= 0.3 is 0 Å². The summed E-state index contributed by atoms with van der Waals surface area (Å²) >= 11 is 1.72. The van der Waals surface area contributed by atoms with Gasteiger partial charge in [0.05, 0.1) is 16.9 Å². The number of anilines is 3. The summed E-state index contributed by atoms with van der Waals surface area (Å²) in [6.07, 6.45) is 3.84. The monoisotopic (exact) mass is 281 g/mol. The van der Waals surface area contributed by atoms with Gasteiger partial charge in [0.2, 0.25) is 0 Å². The van der Waals surface area contributed by atoms with Gasteiger partial charge in [-0.3, -0.25) is 4.98 Å². The molecule has 2 aromatic carbocycles. The summed E-state index contributed by atoms with van der Waals surface area (Å²) in [6.45, 7) is 0. The van der Waals surface area contributed by atoms with Gasteiger partial charge in [-0.15, -0.1) is 11.8 Å². The Morgan fingerprint density at radius 2 is 2.00 bits per heavy atom. The minimum atomic E-state index is 0.727. The Labute approximate surface area is 122 Å². The lowest BCUT2D eigenvalue weighted by atomic mass is 10.1. The number of thioether (sulfide) groups is 1. The highest BCUT2D eigenvalue weighted by atomic mass is 32.2. The van der Waals surface area contributed by atoms with Gasteiger partial charge in [0.25, 0.3) is 0 Å². The number of aromatic nitrogens is 1. The maximum Gasteiger partial charge on any atom is 0.0724 e. The van der Waals surface area contributed by atoms with Crippen LogP contribution in [0.15, 0.2) is 59.6 Å². The van der Waals surface area contributed by atoms with Crippen LogP contribution in [0.2, 0.25) is 0 Å². The standard InChI is InChI=1S/C16H15N3S/c1-20-12-5-2-4-11(10-12)19-15-8-7-14-13(16(15)17)6-3-9-18-14/h2-10,19H,17H2,1H3. The van der Waals surface area contributed by atoms with Crippen LogP contribution in [0.5, 0.6) is 0 Å². The molecule has 0 aliphatic heterocycles. The Balaban J connectivity index is 2.00. The first-order chi connectivity index (χ1) is 9.78. The predicted molar refractivity (Wildman–Crippen MR) is 87.7 cm³/mol. The second-order valence-electron chi connectivity index (χ2n) is 4.45. The summed E-state index contributed by atoms with van der Waals surface area (Å²) in [5, 5.41) is 4.34. The van der Waals surface area contributed by atoms with Crippen molar-refractivity contribution < 1.29 is 0 Å². The quantitative estimate of drug-likeness (QED) is 0.555. The number of pyridine rings is 1. The van der Waals surface area contributed by atoms with Crippen molar-refractivity contribution in [2.75, 3.05) is 17.3 Å². The van der Waals surface area contributed by atoms with E-state index in [0.717, 1.165) is 28.0 Å². The molecule has 0 fully saturated rings. The third-order valence-corrected chi connectivity index (χ3v) is 3.90. The van der Waals surface area contributed by atoms with Gasteiger partial charge in [0.15, 0.2) is 0 Å². The van der Waals surface area contributed by atoms with Crippen molar-refractivity contribution in [3.05, 3.63) is 54.7 Å². The maximum atomic E-state index is 6.23. The summed E-state index contributed by atoms with van der Waals surface area (Å²) in [4.78, 5) is 5.53. The van der Waals surface area contributed by atoms with Crippen LogP contribution in [0.3, 0.4) is 0 Å². The first-order valence-corrected chi connectivity index (χ1v) is 7.54. The van der Waals surface area contributed by atoms with Gasteiger partial charge in [-0.05, 0) is 48.7 Å². The average Bonchev–Trinajstić information content (AvgIpc) is 2.50. The highest BCUT2D eigenvalue weighted by molar-refractivity contribution is 7.98. The number of hydrogen-bond acceptors (Lipinski definition) is 4. The molecule has 1 heterocycles. The molecular formula is C16H15N3S. The molecule has 3 nitrogen and oxygen atoms in total. The molecule has 3 rings (SSSR count). The van der Waals surface area contributed by atoms with Crippen molar-refractivity contribution in [1.29, 1.82) is 0 Å². The molecule has 100 valence electrons. The number of hydrogen-bond donors (Lipinski definition) is 2. The smallest absolute Gasteiger partial charge is 0.0724 e. The lowest BCUT2D eigenvalue weighted by molar-refractivity contribution is 1.41. The molecule has 0 aliphatic rings. The highest BCUT2D eigenvalue weighted by Gasteiger charge is 2.05. The van der Waals surface area contributed by atoms with E-state index >= 15 is 0 Å². The van der Waals surface area contributed by atoms with Crippen LogP contribution in [0, 0.1) is 0 Å². The molecule has 0 aliphatic carbocycles. The van der Waals surface area contributed by atoms with Crippen molar-refractivity contribution in [3.8, 4) is 0 Å². The van der Waals surface area contributed by atoms with Gasteiger partial charge in [-0.25, -0.2) is 0 Å². The Morgan fingerprint density at radius 1 is 1.10 bits per heavy atom. The molecule has 0 saturated heterocycles. The van der Waals surface area contributed by atoms with Gasteiger partial charge < -0.3 is 11.1 Å². The molecular weight excluding hydrogens is 266 g/mol. The van der Waals surface area contributed by atoms with Crippen LogP contribution in [-0.2, 0) is 0 Å². The number of nitrogens with one attached hydrogen (secondary N) is 1. The Hall–Kier alpha value is -2.20. The third kappa shape index (κ3) is 2.42. The number of fused-ring (bicyclic) bond motifs is 1. The fourth-order valence-corrected chi connectivity index (χ4v) is 2.60. The van der Waals surface area contributed by atoms with E-state index in [1.807, 2.05) is 36.4 Å². The molecule has 3 aromatic rings. The summed E-state index contributed by atoms with van der Waals surface area (Å²) in [5.74, 6) is 0. The molecule has 0 atom stereocenters. The first-order valence-electron chi connectivity index (χ1n) is 6.32. The van der Waals surface area contributed by atoms with Crippen LogP contribution in [-0.4, -0.2) is 11.2 Å². The lowest BCUT2D eigenvalue weighted by Crippen LogP contribution is -1.97. The van der Waals surface area contributed by atoms with Gasteiger partial charge in [0.1, 0.15) is 0 Å². The molecule has 0 unspecified atom stereocenters. The minimum Gasteiger partial charge on any atom is -0.396 e. The van der Waals surface area contributed by atoms with Gasteiger partial charge in [-0.1, -0.05) is 6.07 Å². The van der Waals surface area contributed by atoms with E-state index in [9.17, 15) is 0 Å². The second kappa shape index (κ2) is 5.43. The van der Waals surface area contributed by atoms with E-state index in [1.165, 1.54) is 4.90 Å². The second-order valence-corrected chi connectivity index (χ2v) is 5.33. The van der Waals surface area contributed by atoms with Crippen LogP contribution < -0.4 is 11.1 Å². The average molecular weight is 281 g/mol. The molecule has 0 bridgehead atoms. The lowest BCUT2D eigenvalue weighted by Gasteiger charge is -2.12. The van der Waals surface area contributed by atoms with Crippen molar-refractivity contribution in [1.82, 2.24) is 4.98 Å². The van der Waals surface area contributed by atoms with E-state index in [1.54, 1.807) is 18.0 Å². The zero-order valence-electron chi connectivity index (χ0n) is 11.1. The highest BCUT2D eigenvalue weighted by Crippen LogP contribution is 2.30. The van der Waals surface area contributed by atoms with Crippen LogP contribution in [0.25, 0.3) is 10.9 Å². The fraction of sp³-hybridized carbons (Fsp3) is 0.0625. The zero-order chi connectivity index (χ0) is 13.9. The molecule has 0 amide bonds. The third-order valence-electron chi connectivity index (χ3n) is 3.18. The number of rotatable bonds is 3. The van der Waals surface area contributed by atoms with Crippen molar-refractivity contribution in [2.24, 2.45) is 0 Å². The normalized spacial score (nSPS) is 10.7. The summed E-state index contributed by atoms with van der Waals surface area (Å²) in [6, 6.07) is 16.1. The van der Waals surface area contributed by atoms with E-state index in [-0.39, 0.29) is 0 Å².